The lowest BCUT2D eigenvalue weighted by atomic mass is 9.53. The minimum atomic E-state index is -0.625. The Morgan fingerprint density at radius 1 is 0.441 bits per heavy atom. The van der Waals surface area contributed by atoms with Gasteiger partial charge in [-0.3, -0.25) is 24.0 Å². The molecule has 127 heavy (non-hydrogen) atoms. The van der Waals surface area contributed by atoms with Gasteiger partial charge in [0, 0.05) is 63.3 Å². The molecular weight excluding hydrogens is 1630 g/mol. The molecule has 27 nitrogen and oxygen atoms in total. The molecule has 0 radical (unpaired) electrons. The highest BCUT2D eigenvalue weighted by molar-refractivity contribution is 5.81. The van der Waals surface area contributed by atoms with Crippen LogP contribution in [0.3, 0.4) is 0 Å². The van der Waals surface area contributed by atoms with E-state index in [9.17, 15) is 24.0 Å². The van der Waals surface area contributed by atoms with E-state index >= 15 is 0 Å². The van der Waals surface area contributed by atoms with Crippen LogP contribution in [0.4, 0.5) is 0 Å². The van der Waals surface area contributed by atoms with E-state index < -0.39 is 23.1 Å². The maximum Gasteiger partial charge on any atom is 0.309 e. The highest BCUT2D eigenvalue weighted by Gasteiger charge is 2.62. The van der Waals surface area contributed by atoms with Crippen molar-refractivity contribution in [2.45, 2.75) is 466 Å². The Balaban J connectivity index is 0.000000146. The van der Waals surface area contributed by atoms with Gasteiger partial charge in [0.15, 0.2) is 47.3 Å². The standard InChI is InChI=1S/C13H22O5.C13H20O.C12H20O5.C9H12O2.C7H12O2.2C7H12O.C6H12O2.C6H10O2.C6H12O.C5H8O2.C5H10O.C4H8O2/c1-7-9(8-6-14-12(2,3)16-8)15-11-10(7)17-13(4,5)18-11;1-3-14-13-11-5-9-4-10(7-11)8(2)12(13)6-9;1-6-7-8(15-11(2,3)14-7)9-10(13-6)17-12(4,5)16-9;1-4-5-2-6-7(3-5)9(10)11-8(4)6;1-7(2)3-4-9-6(8)5-7;1-5-4-6-2-3-7(5)8-6;1-6-3-2-4-7(8)5-6;1-5-4-7-6(2,3)8-5;1-5-3-2-4-6(7)8-5;1-6-4-2-3-5-7-6;1-4-2-5(6)3-7-4;1-5-3-2-4-6-5;1-4-2-5-3-6-4/h7-11H,6H2,1-5H3;9-13H,2-7H2,1H3;6-10H,1-5H3;4-8H,2-3H2,1H3;3-5H2,1-2H3;5-7H,2-4H2,1H3;6H,2-5H2,1H3;5H,4H2,1-3H3;5H,2-4H2,1H3;6H,2-5H2,1H3;4H,2-3H2,1H3;5H,2-4H2,1H3;4H,2-3H2,1H3. The van der Waals surface area contributed by atoms with Gasteiger partial charge in [-0.25, -0.2) is 0 Å². The number of cyclic esters (lactones) is 2. The molecule has 0 N–H and O–H groups in total. The zero-order chi connectivity index (χ0) is 92.7. The smallest absolute Gasteiger partial charge is 0.309 e. The average molecular weight is 1800 g/mol. The predicted octanol–water partition coefficient (Wildman–Crippen LogP) is 17.7. The fraction of sp³-hybridized carbons (Fsp3) is 0.930. The third-order valence-electron chi connectivity index (χ3n) is 28.4. The molecule has 30 unspecified atom stereocenters. The second-order valence-electron chi connectivity index (χ2n) is 43.1. The molecule has 0 aromatic heterocycles. The van der Waals surface area contributed by atoms with Gasteiger partial charge in [0.1, 0.15) is 55.8 Å². The Labute approximate surface area is 761 Å². The van der Waals surface area contributed by atoms with E-state index in [0.717, 1.165) is 108 Å². The van der Waals surface area contributed by atoms with Crippen molar-refractivity contribution < 1.29 is 128 Å². The van der Waals surface area contributed by atoms with Crippen LogP contribution in [0.15, 0.2) is 12.2 Å². The largest absolute Gasteiger partial charge is 0.466 e. The molecule has 7 aliphatic carbocycles. The van der Waals surface area contributed by atoms with Gasteiger partial charge in [0.05, 0.1) is 106 Å². The van der Waals surface area contributed by atoms with E-state index in [-0.39, 0.29) is 114 Å². The van der Waals surface area contributed by atoms with E-state index in [0.29, 0.717) is 124 Å². The molecule has 0 spiro atoms. The van der Waals surface area contributed by atoms with Gasteiger partial charge in [-0.1, -0.05) is 53.7 Å². The fourth-order valence-electron chi connectivity index (χ4n) is 21.8. The summed E-state index contributed by atoms with van der Waals surface area (Å²) in [6.07, 6.45) is 30.2. The van der Waals surface area contributed by atoms with Crippen molar-refractivity contribution in [2.75, 3.05) is 59.6 Å². The minimum absolute atomic E-state index is 0.0164. The van der Waals surface area contributed by atoms with Crippen LogP contribution in [0.2, 0.25) is 0 Å². The monoisotopic (exact) mass is 1800 g/mol. The first kappa shape index (κ1) is 106. The van der Waals surface area contributed by atoms with Crippen LogP contribution < -0.4 is 0 Å². The van der Waals surface area contributed by atoms with Gasteiger partial charge in [0.2, 0.25) is 0 Å². The molecule has 16 aliphatic heterocycles. The fourth-order valence-corrected chi connectivity index (χ4v) is 21.8. The molecule has 7 saturated carbocycles. The SMILES string of the molecule is C=C1C2CC3CC(C2)C(OCC)C1C3.CC1(C)CCOC(=O)C1.CC1C(C2COC(C)(C)O2)OC2OC(C)(C)OC21.CC1C2CC3C(=O)OC1C3C2.CC1CC(=O)CO1.CC1CC2CCC1O2.CC1CCCC(=O)C1.CC1CCCC(=O)O1.CC1CCCCO1.CC1CCCO1.CC1COC(C)(C)O1.CC1COCO1.CC1OC2OC(C)(C)OC2C2OC(C)(C)OC12. The van der Waals surface area contributed by atoms with Crippen LogP contribution in [0.1, 0.15) is 320 Å². The van der Waals surface area contributed by atoms with Crippen LogP contribution in [-0.2, 0) is 128 Å². The Morgan fingerprint density at radius 3 is 1.52 bits per heavy atom. The van der Waals surface area contributed by atoms with Crippen molar-refractivity contribution in [3.8, 4) is 0 Å². The molecule has 8 bridgehead atoms. The van der Waals surface area contributed by atoms with Crippen molar-refractivity contribution in [3.05, 3.63) is 12.2 Å². The molecule has 23 rings (SSSR count). The first-order chi connectivity index (χ1) is 59.7. The summed E-state index contributed by atoms with van der Waals surface area (Å²) in [6.45, 7) is 58.9. The predicted molar refractivity (Wildman–Crippen MR) is 475 cm³/mol. The third-order valence-corrected chi connectivity index (χ3v) is 28.4. The van der Waals surface area contributed by atoms with Gasteiger partial charge in [-0.2, -0.15) is 0 Å². The first-order valence-corrected chi connectivity index (χ1v) is 49.3. The first-order valence-electron chi connectivity index (χ1n) is 49.3. The molecule has 30 atom stereocenters. The van der Waals surface area contributed by atoms with E-state index in [1.165, 1.54) is 95.5 Å². The summed E-state index contributed by atoms with van der Waals surface area (Å²) in [6, 6.07) is 0. The lowest BCUT2D eigenvalue weighted by Crippen LogP contribution is -2.53. The van der Waals surface area contributed by atoms with E-state index in [1.807, 2.05) is 104 Å². The highest BCUT2D eigenvalue weighted by Crippen LogP contribution is 2.58. The summed E-state index contributed by atoms with van der Waals surface area (Å²) in [5.41, 5.74) is 1.70. The van der Waals surface area contributed by atoms with Crippen molar-refractivity contribution in [1.29, 1.82) is 0 Å². The van der Waals surface area contributed by atoms with Crippen LogP contribution in [-0.4, -0.2) is 234 Å². The van der Waals surface area contributed by atoms with Crippen LogP contribution >= 0.6 is 0 Å². The number of fused-ring (bicyclic) bond motifs is 7. The van der Waals surface area contributed by atoms with E-state index in [1.54, 1.807) is 0 Å². The number of rotatable bonds is 3. The molecule has 16 saturated heterocycles. The highest BCUT2D eigenvalue weighted by atomic mass is 16.9. The summed E-state index contributed by atoms with van der Waals surface area (Å²) >= 11 is 0. The second-order valence-corrected chi connectivity index (χ2v) is 43.1. The number of esters is 3. The number of carbonyl (C=O) groups is 5. The van der Waals surface area contributed by atoms with Gasteiger partial charge in [-0.15, -0.1) is 0 Å². The molecule has 0 amide bonds. The molecular formula is C100H170O27. The summed E-state index contributed by atoms with van der Waals surface area (Å²) in [4.78, 5) is 53.3. The molecule has 0 aromatic carbocycles. The Bertz CT molecular complexity index is 3360. The molecule has 27 heteroatoms. The van der Waals surface area contributed by atoms with Gasteiger partial charge >= 0.3 is 17.9 Å². The van der Waals surface area contributed by atoms with Crippen LogP contribution in [0, 0.1) is 70.5 Å². The van der Waals surface area contributed by atoms with E-state index in [2.05, 4.69) is 68.9 Å². The van der Waals surface area contributed by atoms with E-state index in [4.69, 9.17) is 104 Å². The molecule has 732 valence electrons. The topological polar surface area (TPSA) is 288 Å². The maximum atomic E-state index is 11.2. The summed E-state index contributed by atoms with van der Waals surface area (Å²) in [5, 5.41) is 0. The third kappa shape index (κ3) is 32.2. The summed E-state index contributed by atoms with van der Waals surface area (Å²) in [5.74, 6) is 5.59. The number of ketones is 2. The van der Waals surface area contributed by atoms with Crippen molar-refractivity contribution >= 4 is 29.5 Å². The normalized spacial score (nSPS) is 42.4. The molecule has 16 heterocycles. The van der Waals surface area contributed by atoms with Gasteiger partial charge in [0.25, 0.3) is 0 Å². The van der Waals surface area contributed by atoms with Crippen LogP contribution in [0.25, 0.3) is 0 Å². The quantitative estimate of drug-likeness (QED) is 0.144. The Morgan fingerprint density at radius 2 is 1.09 bits per heavy atom. The van der Waals surface area contributed by atoms with Crippen LogP contribution in [0.5, 0.6) is 0 Å². The molecule has 23 aliphatic rings. The molecule has 0 aromatic rings. The van der Waals surface area contributed by atoms with Crippen molar-refractivity contribution in [3.63, 3.8) is 0 Å². The lowest BCUT2D eigenvalue weighted by Gasteiger charge is -2.55. The van der Waals surface area contributed by atoms with Crippen molar-refractivity contribution in [1.82, 2.24) is 0 Å². The second kappa shape index (κ2) is 47.5. The lowest BCUT2D eigenvalue weighted by molar-refractivity contribution is -0.229. The zero-order valence-corrected chi connectivity index (χ0v) is 82.4. The zero-order valence-electron chi connectivity index (χ0n) is 82.4. The number of hydrogen-bond acceptors (Lipinski definition) is 27. The average Bonchev–Trinajstić information content (AvgIpc) is 1.08. The number of Topliss-reactive ketones (excluding diaryl/α,β-unsaturated/α-hetero) is 2. The van der Waals surface area contributed by atoms with Crippen molar-refractivity contribution in [2.24, 2.45) is 70.5 Å². The maximum absolute atomic E-state index is 11.2. The number of ether oxygens (including phenoxy) is 22. The van der Waals surface area contributed by atoms with Gasteiger partial charge in [-0.05, 0) is 293 Å². The molecule has 23 fully saturated rings. The van der Waals surface area contributed by atoms with Gasteiger partial charge < -0.3 is 104 Å². The minimum Gasteiger partial charge on any atom is -0.466 e. The Hall–Kier alpha value is -3.27. The number of hydrogen-bond donors (Lipinski definition) is 0. The Kier molecular flexibility index (Phi) is 39.5. The summed E-state index contributed by atoms with van der Waals surface area (Å²) in [7, 11) is 0. The number of carbonyl (C=O) groups excluding carboxylic acids is 5. The summed E-state index contributed by atoms with van der Waals surface area (Å²) < 4.78 is 120.